The minimum absolute atomic E-state index is 0.193. The van der Waals surface area contributed by atoms with E-state index >= 15 is 0 Å². The number of sulfone groups is 1. The van der Waals surface area contributed by atoms with Crippen LogP contribution in [0, 0.1) is 0 Å². The fraction of sp³-hybridized carbons (Fsp3) is 0.400. The highest BCUT2D eigenvalue weighted by molar-refractivity contribution is 7.90. The van der Waals surface area contributed by atoms with Crippen molar-refractivity contribution in [1.29, 1.82) is 0 Å². The molecule has 1 rings (SSSR count). The van der Waals surface area contributed by atoms with Crippen molar-refractivity contribution in [1.82, 2.24) is 0 Å². The molecule has 1 unspecified atom stereocenters. The Kier molecular flexibility index (Phi) is 3.71. The largest absolute Gasteiger partial charge is 0.491 e. The summed E-state index contributed by atoms with van der Waals surface area (Å²) >= 11 is 0. The molecule has 0 fully saturated rings. The lowest BCUT2D eigenvalue weighted by molar-refractivity contribution is 0.122. The number of hydrogen-bond donors (Lipinski definition) is 1. The van der Waals surface area contributed by atoms with Crippen LogP contribution in [0.25, 0.3) is 0 Å². The third-order valence-corrected chi connectivity index (χ3v) is 2.87. The van der Waals surface area contributed by atoms with Gasteiger partial charge in [-0.25, -0.2) is 8.42 Å². The predicted molar refractivity (Wildman–Crippen MR) is 56.7 cm³/mol. The Morgan fingerprint density at radius 3 is 2.27 bits per heavy atom. The SMILES string of the molecule is CC(O)COc1ccc(S(C)(=O)=O)cc1. The summed E-state index contributed by atoms with van der Waals surface area (Å²) in [4.78, 5) is 0.256. The van der Waals surface area contributed by atoms with Gasteiger partial charge in [0, 0.05) is 6.26 Å². The quantitative estimate of drug-likeness (QED) is 0.833. The van der Waals surface area contributed by atoms with E-state index in [1.54, 1.807) is 19.1 Å². The molecular weight excluding hydrogens is 216 g/mol. The molecule has 1 atom stereocenters. The third kappa shape index (κ3) is 3.89. The Labute approximate surface area is 89.4 Å². The van der Waals surface area contributed by atoms with Crippen LogP contribution < -0.4 is 4.74 Å². The van der Waals surface area contributed by atoms with Gasteiger partial charge in [-0.1, -0.05) is 0 Å². The van der Waals surface area contributed by atoms with E-state index in [1.165, 1.54) is 12.1 Å². The van der Waals surface area contributed by atoms with Gasteiger partial charge in [-0.3, -0.25) is 0 Å². The van der Waals surface area contributed by atoms with E-state index in [-0.39, 0.29) is 11.5 Å². The van der Waals surface area contributed by atoms with Crippen molar-refractivity contribution in [2.45, 2.75) is 17.9 Å². The molecule has 0 spiro atoms. The van der Waals surface area contributed by atoms with Crippen molar-refractivity contribution in [3.63, 3.8) is 0 Å². The second kappa shape index (κ2) is 4.63. The van der Waals surface area contributed by atoms with Gasteiger partial charge >= 0.3 is 0 Å². The molecule has 0 saturated heterocycles. The van der Waals surface area contributed by atoms with Gasteiger partial charge in [0.15, 0.2) is 9.84 Å². The number of rotatable bonds is 4. The number of hydrogen-bond acceptors (Lipinski definition) is 4. The van der Waals surface area contributed by atoms with Crippen molar-refractivity contribution in [2.24, 2.45) is 0 Å². The van der Waals surface area contributed by atoms with E-state index in [2.05, 4.69) is 0 Å². The smallest absolute Gasteiger partial charge is 0.175 e. The maximum Gasteiger partial charge on any atom is 0.175 e. The standard InChI is InChI=1S/C10H14O4S/c1-8(11)7-14-9-3-5-10(6-4-9)15(2,12)13/h3-6,8,11H,7H2,1-2H3. The molecule has 0 heterocycles. The Hall–Kier alpha value is -1.07. The molecule has 0 radical (unpaired) electrons. The fourth-order valence-electron chi connectivity index (χ4n) is 1.000. The Morgan fingerprint density at radius 2 is 1.87 bits per heavy atom. The average molecular weight is 230 g/mol. The molecule has 0 amide bonds. The first-order valence-corrected chi connectivity index (χ1v) is 6.40. The maximum absolute atomic E-state index is 11.1. The van der Waals surface area contributed by atoms with E-state index in [0.717, 1.165) is 6.26 Å². The molecule has 0 aliphatic heterocycles. The predicted octanol–water partition coefficient (Wildman–Crippen LogP) is 0.850. The van der Waals surface area contributed by atoms with Crippen molar-refractivity contribution in [2.75, 3.05) is 12.9 Å². The summed E-state index contributed by atoms with van der Waals surface area (Å²) in [7, 11) is -3.16. The van der Waals surface area contributed by atoms with Crippen LogP contribution in [0.15, 0.2) is 29.2 Å². The number of benzene rings is 1. The zero-order valence-corrected chi connectivity index (χ0v) is 9.49. The average Bonchev–Trinajstić information content (AvgIpc) is 2.14. The van der Waals surface area contributed by atoms with Gasteiger partial charge in [0.1, 0.15) is 12.4 Å². The van der Waals surface area contributed by atoms with Crippen LogP contribution in [0.5, 0.6) is 5.75 Å². The van der Waals surface area contributed by atoms with E-state index in [0.29, 0.717) is 5.75 Å². The first-order chi connectivity index (χ1) is 6.89. The van der Waals surface area contributed by atoms with Gasteiger partial charge in [-0.15, -0.1) is 0 Å². The first kappa shape index (κ1) is 12.0. The van der Waals surface area contributed by atoms with Crippen molar-refractivity contribution < 1.29 is 18.3 Å². The Bertz CT molecular complexity index is 406. The molecular formula is C10H14O4S. The molecule has 0 aliphatic rings. The Balaban J connectivity index is 2.73. The molecule has 84 valence electrons. The summed E-state index contributed by atoms with van der Waals surface area (Å²) in [6, 6.07) is 6.09. The third-order valence-electron chi connectivity index (χ3n) is 1.74. The second-order valence-corrected chi connectivity index (χ2v) is 5.42. The van der Waals surface area contributed by atoms with Crippen LogP contribution >= 0.6 is 0 Å². The zero-order valence-electron chi connectivity index (χ0n) is 8.67. The molecule has 4 nitrogen and oxygen atoms in total. The van der Waals surface area contributed by atoms with E-state index < -0.39 is 15.9 Å². The molecule has 0 aromatic heterocycles. The molecule has 0 saturated carbocycles. The van der Waals surface area contributed by atoms with E-state index in [4.69, 9.17) is 9.84 Å². The summed E-state index contributed by atoms with van der Waals surface area (Å²) in [5, 5.41) is 8.98. The second-order valence-electron chi connectivity index (χ2n) is 3.40. The number of ether oxygens (including phenoxy) is 1. The highest BCUT2D eigenvalue weighted by Gasteiger charge is 2.06. The summed E-state index contributed by atoms with van der Waals surface area (Å²) < 4.78 is 27.4. The normalized spacial score (nSPS) is 13.5. The zero-order chi connectivity index (χ0) is 11.5. The number of aliphatic hydroxyl groups is 1. The summed E-state index contributed by atoms with van der Waals surface area (Å²) in [6.45, 7) is 1.81. The van der Waals surface area contributed by atoms with Crippen molar-refractivity contribution in [3.8, 4) is 5.75 Å². The lowest BCUT2D eigenvalue weighted by atomic mass is 10.3. The fourth-order valence-corrected chi connectivity index (χ4v) is 1.63. The van der Waals surface area contributed by atoms with E-state index in [1.807, 2.05) is 0 Å². The van der Waals surface area contributed by atoms with Crippen molar-refractivity contribution >= 4 is 9.84 Å². The summed E-state index contributed by atoms with van der Waals surface area (Å²) in [5.74, 6) is 0.545. The molecule has 1 aromatic carbocycles. The van der Waals surface area contributed by atoms with Gasteiger partial charge in [-0.05, 0) is 31.2 Å². The number of aliphatic hydroxyl groups excluding tert-OH is 1. The van der Waals surface area contributed by atoms with Gasteiger partial charge in [0.05, 0.1) is 11.0 Å². The molecule has 1 N–H and O–H groups in total. The van der Waals surface area contributed by atoms with Gasteiger partial charge in [0.25, 0.3) is 0 Å². The van der Waals surface area contributed by atoms with Crippen LogP contribution in [-0.4, -0.2) is 32.5 Å². The molecule has 0 bridgehead atoms. The van der Waals surface area contributed by atoms with Crippen LogP contribution in [0.1, 0.15) is 6.92 Å². The monoisotopic (exact) mass is 230 g/mol. The minimum atomic E-state index is -3.16. The van der Waals surface area contributed by atoms with Crippen LogP contribution in [0.3, 0.4) is 0 Å². The van der Waals surface area contributed by atoms with Crippen LogP contribution in [-0.2, 0) is 9.84 Å². The maximum atomic E-state index is 11.1. The molecule has 15 heavy (non-hydrogen) atoms. The topological polar surface area (TPSA) is 63.6 Å². The Morgan fingerprint density at radius 1 is 1.33 bits per heavy atom. The summed E-state index contributed by atoms with van der Waals surface area (Å²) in [6.07, 6.45) is 0.609. The highest BCUT2D eigenvalue weighted by Crippen LogP contribution is 2.15. The lowest BCUT2D eigenvalue weighted by Gasteiger charge is -2.08. The van der Waals surface area contributed by atoms with Gasteiger partial charge < -0.3 is 9.84 Å². The minimum Gasteiger partial charge on any atom is -0.491 e. The first-order valence-electron chi connectivity index (χ1n) is 4.50. The van der Waals surface area contributed by atoms with Crippen molar-refractivity contribution in [3.05, 3.63) is 24.3 Å². The van der Waals surface area contributed by atoms with Gasteiger partial charge in [-0.2, -0.15) is 0 Å². The van der Waals surface area contributed by atoms with Crippen LogP contribution in [0.4, 0.5) is 0 Å². The molecule has 1 aromatic rings. The molecule has 0 aliphatic carbocycles. The van der Waals surface area contributed by atoms with Crippen LogP contribution in [0.2, 0.25) is 0 Å². The van der Waals surface area contributed by atoms with Gasteiger partial charge in [0.2, 0.25) is 0 Å². The highest BCUT2D eigenvalue weighted by atomic mass is 32.2. The summed E-state index contributed by atoms with van der Waals surface area (Å²) in [5.41, 5.74) is 0. The molecule has 5 heteroatoms. The van der Waals surface area contributed by atoms with E-state index in [9.17, 15) is 8.42 Å². The lowest BCUT2D eigenvalue weighted by Crippen LogP contribution is -2.12.